The fraction of sp³-hybridized carbons (Fsp3) is 0.333. The van der Waals surface area contributed by atoms with E-state index in [0.29, 0.717) is 17.3 Å². The van der Waals surface area contributed by atoms with Gasteiger partial charge in [-0.1, -0.05) is 48.5 Å². The molecule has 0 aliphatic rings. The van der Waals surface area contributed by atoms with Gasteiger partial charge in [-0.3, -0.25) is 9.59 Å². The average molecular weight is 436 g/mol. The summed E-state index contributed by atoms with van der Waals surface area (Å²) in [7, 11) is 0. The second-order valence-electron chi connectivity index (χ2n) is 7.94. The Kier molecular flexibility index (Phi) is 7.51. The van der Waals surface area contributed by atoms with Crippen LogP contribution in [0.3, 0.4) is 0 Å². The molecule has 1 atom stereocenters. The topological polar surface area (TPSA) is 116 Å². The summed E-state index contributed by atoms with van der Waals surface area (Å²) in [5, 5.41) is 9.96. The van der Waals surface area contributed by atoms with E-state index in [2.05, 4.69) is 0 Å². The van der Waals surface area contributed by atoms with Gasteiger partial charge in [0, 0.05) is 6.42 Å². The molecular weight excluding hydrogens is 412 g/mol. The molecule has 6 nitrogen and oxygen atoms in total. The SMILES string of the molecule is CC(C)(O)Cc1ccc(B(OC(=O)C(N)CC(N)=O)c2ccc(C(F)(F)F)cc2)cc1. The molecule has 1 unspecified atom stereocenters. The smallest absolute Gasteiger partial charge is 0.429 e. The van der Waals surface area contributed by atoms with Crippen LogP contribution in [0.2, 0.25) is 0 Å². The molecule has 0 bridgehead atoms. The van der Waals surface area contributed by atoms with Crippen molar-refractivity contribution < 1.29 is 32.5 Å². The van der Waals surface area contributed by atoms with Gasteiger partial charge in [0.15, 0.2) is 0 Å². The Morgan fingerprint density at radius 3 is 1.94 bits per heavy atom. The van der Waals surface area contributed by atoms with Crippen LogP contribution in [0, 0.1) is 0 Å². The van der Waals surface area contributed by atoms with Gasteiger partial charge in [0.25, 0.3) is 0 Å². The molecule has 2 rings (SSSR count). The molecule has 0 fully saturated rings. The molecule has 0 aliphatic heterocycles. The summed E-state index contributed by atoms with van der Waals surface area (Å²) < 4.78 is 44.1. The van der Waals surface area contributed by atoms with Gasteiger partial charge in [0.2, 0.25) is 5.91 Å². The lowest BCUT2D eigenvalue weighted by atomic mass is 9.55. The molecule has 0 aliphatic carbocycles. The standard InChI is InChI=1S/C21H24BF3N2O4/c1-20(2,30)12-13-3-7-15(8-4-13)22(31-19(29)17(26)11-18(27)28)16-9-5-14(6-10-16)21(23,24)25/h3-10,17,30H,11-12,26H2,1-2H3,(H2,27,28). The summed E-state index contributed by atoms with van der Waals surface area (Å²) in [6.45, 7) is 2.27. The zero-order chi connectivity index (χ0) is 23.4. The van der Waals surface area contributed by atoms with Gasteiger partial charge in [-0.2, -0.15) is 13.2 Å². The minimum absolute atomic E-state index is 0.294. The number of rotatable bonds is 8. The van der Waals surface area contributed by atoms with Crippen molar-refractivity contribution in [3.05, 3.63) is 59.7 Å². The lowest BCUT2D eigenvalue weighted by Crippen LogP contribution is -2.50. The van der Waals surface area contributed by atoms with Gasteiger partial charge in [-0.15, -0.1) is 0 Å². The fourth-order valence-electron chi connectivity index (χ4n) is 2.99. The third kappa shape index (κ3) is 7.41. The summed E-state index contributed by atoms with van der Waals surface area (Å²) in [6, 6.07) is 9.65. The van der Waals surface area contributed by atoms with Crippen molar-refractivity contribution in [2.24, 2.45) is 11.5 Å². The maximum atomic E-state index is 12.9. The molecule has 31 heavy (non-hydrogen) atoms. The van der Waals surface area contributed by atoms with Crippen molar-refractivity contribution in [3.63, 3.8) is 0 Å². The highest BCUT2D eigenvalue weighted by Gasteiger charge is 2.33. The number of alkyl halides is 3. The third-order valence-electron chi connectivity index (χ3n) is 4.42. The number of primary amides is 1. The first-order valence-corrected chi connectivity index (χ1v) is 9.49. The predicted octanol–water partition coefficient (Wildman–Crippen LogP) is 0.870. The Morgan fingerprint density at radius 1 is 1.03 bits per heavy atom. The van der Waals surface area contributed by atoms with Gasteiger partial charge in [-0.25, -0.2) is 0 Å². The van der Waals surface area contributed by atoms with Crippen LogP contribution in [0.5, 0.6) is 0 Å². The number of aliphatic hydroxyl groups is 1. The highest BCUT2D eigenvalue weighted by atomic mass is 19.4. The first-order valence-electron chi connectivity index (χ1n) is 9.49. The van der Waals surface area contributed by atoms with Crippen molar-refractivity contribution in [1.82, 2.24) is 0 Å². The first-order chi connectivity index (χ1) is 14.3. The van der Waals surface area contributed by atoms with Gasteiger partial charge >= 0.3 is 19.1 Å². The monoisotopic (exact) mass is 436 g/mol. The maximum absolute atomic E-state index is 12.9. The molecule has 0 aromatic heterocycles. The minimum atomic E-state index is -4.51. The predicted molar refractivity (Wildman–Crippen MR) is 111 cm³/mol. The Morgan fingerprint density at radius 2 is 1.52 bits per heavy atom. The highest BCUT2D eigenvalue weighted by Crippen LogP contribution is 2.28. The van der Waals surface area contributed by atoms with Gasteiger partial charge in [-0.05, 0) is 30.3 Å². The lowest BCUT2D eigenvalue weighted by molar-refractivity contribution is -0.138. The van der Waals surface area contributed by atoms with E-state index in [1.165, 1.54) is 12.1 Å². The molecule has 0 saturated heterocycles. The highest BCUT2D eigenvalue weighted by molar-refractivity contribution is 6.81. The molecule has 2 aromatic carbocycles. The van der Waals surface area contributed by atoms with E-state index in [4.69, 9.17) is 16.1 Å². The average Bonchev–Trinajstić information content (AvgIpc) is 2.64. The van der Waals surface area contributed by atoms with Crippen LogP contribution >= 0.6 is 0 Å². The number of benzene rings is 2. The Balaban J connectivity index is 2.36. The summed E-state index contributed by atoms with van der Waals surface area (Å²) in [6.07, 6.45) is -4.56. The van der Waals surface area contributed by atoms with Crippen LogP contribution in [0.15, 0.2) is 48.5 Å². The van der Waals surface area contributed by atoms with E-state index >= 15 is 0 Å². The van der Waals surface area contributed by atoms with Crippen LogP contribution in [-0.4, -0.2) is 35.5 Å². The Labute approximate surface area is 178 Å². The van der Waals surface area contributed by atoms with E-state index in [0.717, 1.165) is 17.7 Å². The summed E-state index contributed by atoms with van der Waals surface area (Å²) >= 11 is 0. The number of hydrogen-bond donors (Lipinski definition) is 3. The molecule has 166 valence electrons. The van der Waals surface area contributed by atoms with Crippen LogP contribution in [0.25, 0.3) is 0 Å². The molecule has 10 heteroatoms. The van der Waals surface area contributed by atoms with E-state index < -0.39 is 48.6 Å². The zero-order valence-electron chi connectivity index (χ0n) is 17.1. The Hall–Kier alpha value is -2.85. The molecule has 1 amide bonds. The molecule has 2 aromatic rings. The van der Waals surface area contributed by atoms with Crippen LogP contribution < -0.4 is 22.4 Å². The van der Waals surface area contributed by atoms with Crippen molar-refractivity contribution >= 4 is 29.7 Å². The fourth-order valence-corrected chi connectivity index (χ4v) is 2.99. The van der Waals surface area contributed by atoms with Gasteiger partial charge < -0.3 is 21.2 Å². The van der Waals surface area contributed by atoms with Crippen molar-refractivity contribution in [1.29, 1.82) is 0 Å². The third-order valence-corrected chi connectivity index (χ3v) is 4.42. The number of carbonyl (C=O) groups excluding carboxylic acids is 2. The number of halogens is 3. The molecule has 0 spiro atoms. The largest absolute Gasteiger partial charge is 0.525 e. The first kappa shape index (κ1) is 24.4. The summed E-state index contributed by atoms with van der Waals surface area (Å²) in [4.78, 5) is 23.4. The molecule has 5 N–H and O–H groups in total. The van der Waals surface area contributed by atoms with Gasteiger partial charge in [0.05, 0.1) is 17.6 Å². The van der Waals surface area contributed by atoms with Gasteiger partial charge in [0.1, 0.15) is 6.04 Å². The van der Waals surface area contributed by atoms with E-state index in [1.54, 1.807) is 38.1 Å². The van der Waals surface area contributed by atoms with E-state index in [1.807, 2.05) is 0 Å². The van der Waals surface area contributed by atoms with Crippen molar-refractivity contribution in [2.75, 3.05) is 0 Å². The molecule has 0 radical (unpaired) electrons. The second-order valence-corrected chi connectivity index (χ2v) is 7.94. The number of amides is 1. The minimum Gasteiger partial charge on any atom is -0.525 e. The Bertz CT molecular complexity index is 910. The van der Waals surface area contributed by atoms with E-state index in [9.17, 15) is 27.9 Å². The van der Waals surface area contributed by atoms with Crippen molar-refractivity contribution in [3.8, 4) is 0 Å². The lowest BCUT2D eigenvalue weighted by Gasteiger charge is -2.20. The van der Waals surface area contributed by atoms with Crippen molar-refractivity contribution in [2.45, 2.75) is 44.5 Å². The summed E-state index contributed by atoms with van der Waals surface area (Å²) in [5.41, 5.74) is 10.5. The summed E-state index contributed by atoms with van der Waals surface area (Å²) in [5.74, 6) is -1.70. The zero-order valence-corrected chi connectivity index (χ0v) is 17.1. The molecular formula is C21H24BF3N2O4. The van der Waals surface area contributed by atoms with E-state index in [-0.39, 0.29) is 0 Å². The quantitative estimate of drug-likeness (QED) is 0.532. The second kappa shape index (κ2) is 9.53. The van der Waals surface area contributed by atoms with Crippen LogP contribution in [0.4, 0.5) is 13.2 Å². The molecule has 0 saturated carbocycles. The van der Waals surface area contributed by atoms with Crippen LogP contribution in [-0.2, 0) is 26.8 Å². The number of carbonyl (C=O) groups is 2. The normalized spacial score (nSPS) is 12.9. The number of nitrogens with two attached hydrogens (primary N) is 2. The number of hydrogen-bond acceptors (Lipinski definition) is 5. The molecule has 0 heterocycles. The maximum Gasteiger partial charge on any atom is 0.429 e. The van der Waals surface area contributed by atoms with Crippen LogP contribution in [0.1, 0.15) is 31.4 Å².